The molecule has 0 saturated heterocycles. The second-order valence-corrected chi connectivity index (χ2v) is 5.15. The van der Waals surface area contributed by atoms with Crippen molar-refractivity contribution in [2.24, 2.45) is 0 Å². The summed E-state index contributed by atoms with van der Waals surface area (Å²) >= 11 is 0. The van der Waals surface area contributed by atoms with E-state index in [9.17, 15) is 0 Å². The first-order chi connectivity index (χ1) is 10.8. The van der Waals surface area contributed by atoms with E-state index in [0.717, 1.165) is 18.0 Å². The van der Waals surface area contributed by atoms with Gasteiger partial charge in [0, 0.05) is 18.3 Å². The Morgan fingerprint density at radius 1 is 0.773 bits per heavy atom. The van der Waals surface area contributed by atoms with Crippen molar-refractivity contribution in [3.63, 3.8) is 0 Å². The minimum absolute atomic E-state index is 0.794. The Kier molecular flexibility index (Phi) is 4.40. The maximum absolute atomic E-state index is 5.23. The Balaban J connectivity index is 1.66. The molecule has 0 spiro atoms. The number of anilines is 1. The van der Waals surface area contributed by atoms with Crippen LogP contribution in [0.4, 0.5) is 5.69 Å². The average molecular weight is 289 g/mol. The van der Waals surface area contributed by atoms with E-state index < -0.39 is 0 Å². The highest BCUT2D eigenvalue weighted by atomic mass is 16.5. The fourth-order valence-corrected chi connectivity index (χ4v) is 2.38. The lowest BCUT2D eigenvalue weighted by molar-refractivity contribution is 0.415. The molecule has 0 aliphatic heterocycles. The van der Waals surface area contributed by atoms with E-state index in [-0.39, 0.29) is 0 Å². The standard InChI is InChI=1S/C20H19NO/c1-22-20-9-5-8-19(14-20)21-15-16-10-12-18(13-11-16)17-6-3-2-4-7-17/h2-14,21H,15H2,1H3. The van der Waals surface area contributed by atoms with E-state index in [1.54, 1.807) is 7.11 Å². The van der Waals surface area contributed by atoms with Crippen molar-refractivity contribution < 1.29 is 4.74 Å². The lowest BCUT2D eigenvalue weighted by atomic mass is 10.0. The van der Waals surface area contributed by atoms with Crippen molar-refractivity contribution in [3.8, 4) is 16.9 Å². The third kappa shape index (κ3) is 3.47. The molecule has 0 bridgehead atoms. The molecule has 0 fully saturated rings. The summed E-state index contributed by atoms with van der Waals surface area (Å²) < 4.78 is 5.23. The zero-order chi connectivity index (χ0) is 15.2. The molecular formula is C20H19NO. The van der Waals surface area contributed by atoms with Crippen LogP contribution >= 0.6 is 0 Å². The SMILES string of the molecule is COc1cccc(NCc2ccc(-c3ccccc3)cc2)c1. The van der Waals surface area contributed by atoms with Gasteiger partial charge in [0.2, 0.25) is 0 Å². The fraction of sp³-hybridized carbons (Fsp3) is 0.100. The predicted octanol–water partition coefficient (Wildman–Crippen LogP) is 4.97. The molecule has 2 heteroatoms. The van der Waals surface area contributed by atoms with Crippen LogP contribution < -0.4 is 10.1 Å². The summed E-state index contributed by atoms with van der Waals surface area (Å²) in [5.41, 5.74) is 4.80. The van der Waals surface area contributed by atoms with E-state index >= 15 is 0 Å². The van der Waals surface area contributed by atoms with Gasteiger partial charge in [-0.25, -0.2) is 0 Å². The fourth-order valence-electron chi connectivity index (χ4n) is 2.38. The van der Waals surface area contributed by atoms with Gasteiger partial charge in [-0.05, 0) is 28.8 Å². The maximum atomic E-state index is 5.23. The smallest absolute Gasteiger partial charge is 0.120 e. The minimum Gasteiger partial charge on any atom is -0.497 e. The van der Waals surface area contributed by atoms with Crippen molar-refractivity contribution in [3.05, 3.63) is 84.4 Å². The van der Waals surface area contributed by atoms with E-state index in [4.69, 9.17) is 4.74 Å². The Morgan fingerprint density at radius 2 is 1.50 bits per heavy atom. The molecular weight excluding hydrogens is 270 g/mol. The number of nitrogens with one attached hydrogen (secondary N) is 1. The highest BCUT2D eigenvalue weighted by Crippen LogP contribution is 2.20. The van der Waals surface area contributed by atoms with Crippen LogP contribution in [0.1, 0.15) is 5.56 Å². The zero-order valence-corrected chi connectivity index (χ0v) is 12.6. The second-order valence-electron chi connectivity index (χ2n) is 5.15. The largest absolute Gasteiger partial charge is 0.497 e. The Labute approximate surface area is 131 Å². The van der Waals surface area contributed by atoms with Crippen LogP contribution in [-0.4, -0.2) is 7.11 Å². The van der Waals surface area contributed by atoms with Gasteiger partial charge in [0.05, 0.1) is 7.11 Å². The van der Waals surface area contributed by atoms with Gasteiger partial charge in [-0.15, -0.1) is 0 Å². The van der Waals surface area contributed by atoms with Crippen LogP contribution in [0.5, 0.6) is 5.75 Å². The first-order valence-electron chi connectivity index (χ1n) is 7.37. The van der Waals surface area contributed by atoms with Gasteiger partial charge < -0.3 is 10.1 Å². The molecule has 0 aromatic heterocycles. The molecule has 0 amide bonds. The van der Waals surface area contributed by atoms with Gasteiger partial charge in [0.25, 0.3) is 0 Å². The summed E-state index contributed by atoms with van der Waals surface area (Å²) in [5.74, 6) is 0.865. The van der Waals surface area contributed by atoms with Gasteiger partial charge >= 0.3 is 0 Å². The zero-order valence-electron chi connectivity index (χ0n) is 12.6. The second kappa shape index (κ2) is 6.81. The van der Waals surface area contributed by atoms with Gasteiger partial charge in [0.1, 0.15) is 5.75 Å². The lowest BCUT2D eigenvalue weighted by Gasteiger charge is -2.09. The van der Waals surface area contributed by atoms with Crippen LogP contribution in [-0.2, 0) is 6.54 Å². The van der Waals surface area contributed by atoms with Crippen molar-refractivity contribution in [2.75, 3.05) is 12.4 Å². The Bertz CT molecular complexity index is 720. The molecule has 0 unspecified atom stereocenters. The normalized spacial score (nSPS) is 10.2. The topological polar surface area (TPSA) is 21.3 Å². The summed E-state index contributed by atoms with van der Waals surface area (Å²) in [7, 11) is 1.68. The first-order valence-corrected chi connectivity index (χ1v) is 7.37. The first kappa shape index (κ1) is 14.2. The summed E-state index contributed by atoms with van der Waals surface area (Å²) in [6.07, 6.45) is 0. The molecule has 3 aromatic carbocycles. The van der Waals surface area contributed by atoms with Gasteiger partial charge in [-0.1, -0.05) is 60.7 Å². The molecule has 2 nitrogen and oxygen atoms in total. The van der Waals surface area contributed by atoms with Crippen LogP contribution in [0.25, 0.3) is 11.1 Å². The number of hydrogen-bond donors (Lipinski definition) is 1. The molecule has 0 atom stereocenters. The molecule has 0 radical (unpaired) electrons. The molecule has 110 valence electrons. The van der Waals surface area contributed by atoms with Crippen molar-refractivity contribution in [1.82, 2.24) is 0 Å². The quantitative estimate of drug-likeness (QED) is 0.715. The number of hydrogen-bond acceptors (Lipinski definition) is 2. The lowest BCUT2D eigenvalue weighted by Crippen LogP contribution is -1.99. The highest BCUT2D eigenvalue weighted by molar-refractivity contribution is 5.63. The summed E-state index contributed by atoms with van der Waals surface area (Å²) in [5, 5.41) is 3.41. The molecule has 3 rings (SSSR count). The molecule has 1 N–H and O–H groups in total. The van der Waals surface area contributed by atoms with E-state index in [0.29, 0.717) is 0 Å². The van der Waals surface area contributed by atoms with Crippen molar-refractivity contribution >= 4 is 5.69 Å². The number of ether oxygens (including phenoxy) is 1. The van der Waals surface area contributed by atoms with E-state index in [1.165, 1.54) is 16.7 Å². The number of methoxy groups -OCH3 is 1. The summed E-state index contributed by atoms with van der Waals surface area (Å²) in [6.45, 7) is 0.794. The monoisotopic (exact) mass is 289 g/mol. The van der Waals surface area contributed by atoms with E-state index in [2.05, 4.69) is 53.8 Å². The van der Waals surface area contributed by atoms with Gasteiger partial charge in [-0.3, -0.25) is 0 Å². The van der Waals surface area contributed by atoms with Crippen molar-refractivity contribution in [1.29, 1.82) is 0 Å². The van der Waals surface area contributed by atoms with Gasteiger partial charge in [0.15, 0.2) is 0 Å². The van der Waals surface area contributed by atoms with Crippen LogP contribution in [0.15, 0.2) is 78.9 Å². The molecule has 0 saturated carbocycles. The summed E-state index contributed by atoms with van der Waals surface area (Å²) in [4.78, 5) is 0. The molecule has 0 aliphatic rings. The highest BCUT2D eigenvalue weighted by Gasteiger charge is 1.99. The van der Waals surface area contributed by atoms with Crippen LogP contribution in [0, 0.1) is 0 Å². The number of rotatable bonds is 5. The third-order valence-electron chi connectivity index (χ3n) is 3.63. The Morgan fingerprint density at radius 3 is 2.23 bits per heavy atom. The molecule has 0 heterocycles. The third-order valence-corrected chi connectivity index (χ3v) is 3.63. The molecule has 3 aromatic rings. The van der Waals surface area contributed by atoms with E-state index in [1.807, 2.05) is 30.3 Å². The van der Waals surface area contributed by atoms with Crippen LogP contribution in [0.2, 0.25) is 0 Å². The molecule has 22 heavy (non-hydrogen) atoms. The maximum Gasteiger partial charge on any atom is 0.120 e. The molecule has 0 aliphatic carbocycles. The van der Waals surface area contributed by atoms with Gasteiger partial charge in [-0.2, -0.15) is 0 Å². The summed E-state index contributed by atoms with van der Waals surface area (Å²) in [6, 6.07) is 27.0. The van der Waals surface area contributed by atoms with Crippen molar-refractivity contribution in [2.45, 2.75) is 6.54 Å². The number of benzene rings is 3. The average Bonchev–Trinajstić information content (AvgIpc) is 2.61. The predicted molar refractivity (Wildman–Crippen MR) is 92.2 cm³/mol. The Hall–Kier alpha value is -2.74. The van der Waals surface area contributed by atoms with Crippen LogP contribution in [0.3, 0.4) is 0 Å². The minimum atomic E-state index is 0.794.